The van der Waals surface area contributed by atoms with E-state index < -0.39 is 9.84 Å². The van der Waals surface area contributed by atoms with Crippen LogP contribution in [0, 0.1) is 0 Å². The molecule has 1 fully saturated rings. The summed E-state index contributed by atoms with van der Waals surface area (Å²) >= 11 is 0. The normalized spacial score (nSPS) is 19.0. The molecule has 132 valence electrons. The van der Waals surface area contributed by atoms with Gasteiger partial charge in [0.2, 0.25) is 11.8 Å². The molecule has 1 aliphatic heterocycles. The second kappa shape index (κ2) is 7.74. The van der Waals surface area contributed by atoms with Gasteiger partial charge in [-0.3, -0.25) is 14.6 Å². The number of pyridine rings is 1. The maximum atomic E-state index is 12.3. The molecule has 0 spiro atoms. The van der Waals surface area contributed by atoms with Gasteiger partial charge in [0.05, 0.1) is 11.5 Å². The maximum absolute atomic E-state index is 12.3. The number of carbonyl (C=O) groups is 2. The summed E-state index contributed by atoms with van der Waals surface area (Å²) in [7, 11) is -1.39. The van der Waals surface area contributed by atoms with Gasteiger partial charge in [-0.05, 0) is 24.1 Å². The van der Waals surface area contributed by atoms with Crippen LogP contribution in [0.4, 0.5) is 0 Å². The number of hydrogen-bond donors (Lipinski definition) is 0. The molecule has 0 aromatic carbocycles. The third-order valence-electron chi connectivity index (χ3n) is 4.31. The van der Waals surface area contributed by atoms with Crippen LogP contribution in [0.15, 0.2) is 24.5 Å². The van der Waals surface area contributed by atoms with E-state index in [1.807, 2.05) is 12.1 Å². The summed E-state index contributed by atoms with van der Waals surface area (Å²) < 4.78 is 23.1. The van der Waals surface area contributed by atoms with Gasteiger partial charge in [-0.15, -0.1) is 0 Å². The lowest BCUT2D eigenvalue weighted by atomic mass is 10.2. The number of rotatable bonds is 6. The number of amides is 2. The lowest BCUT2D eigenvalue weighted by Gasteiger charge is -2.26. The van der Waals surface area contributed by atoms with Gasteiger partial charge in [0.1, 0.15) is 0 Å². The van der Waals surface area contributed by atoms with Crippen LogP contribution in [0.5, 0.6) is 0 Å². The van der Waals surface area contributed by atoms with E-state index in [0.717, 1.165) is 5.56 Å². The predicted molar refractivity (Wildman–Crippen MR) is 89.8 cm³/mol. The fourth-order valence-corrected chi connectivity index (χ4v) is 4.52. The zero-order chi connectivity index (χ0) is 17.7. The van der Waals surface area contributed by atoms with Crippen LogP contribution in [0.1, 0.15) is 25.3 Å². The molecule has 24 heavy (non-hydrogen) atoms. The van der Waals surface area contributed by atoms with Gasteiger partial charge in [0.25, 0.3) is 0 Å². The van der Waals surface area contributed by atoms with Crippen LogP contribution in [-0.2, 0) is 26.0 Å². The van der Waals surface area contributed by atoms with Crippen molar-refractivity contribution in [2.75, 3.05) is 25.1 Å². The van der Waals surface area contributed by atoms with E-state index in [4.69, 9.17) is 0 Å². The van der Waals surface area contributed by atoms with Crippen molar-refractivity contribution in [2.45, 2.75) is 32.4 Å². The van der Waals surface area contributed by atoms with E-state index in [0.29, 0.717) is 19.5 Å². The highest BCUT2D eigenvalue weighted by Crippen LogP contribution is 2.17. The molecule has 2 heterocycles. The minimum absolute atomic E-state index is 0.0304. The molecule has 1 saturated heterocycles. The molecule has 8 heteroatoms. The third-order valence-corrected chi connectivity index (χ3v) is 6.06. The Bertz CT molecular complexity index is 691. The van der Waals surface area contributed by atoms with Crippen molar-refractivity contribution in [2.24, 2.45) is 0 Å². The van der Waals surface area contributed by atoms with Crippen molar-refractivity contribution in [3.8, 4) is 0 Å². The summed E-state index contributed by atoms with van der Waals surface area (Å²) in [4.78, 5) is 31.1. The van der Waals surface area contributed by atoms with Gasteiger partial charge < -0.3 is 9.80 Å². The average Bonchev–Trinajstić information content (AvgIpc) is 2.91. The predicted octanol–water partition coefficient (Wildman–Crippen LogP) is 0.466. The van der Waals surface area contributed by atoms with Crippen molar-refractivity contribution >= 4 is 21.7 Å². The zero-order valence-electron chi connectivity index (χ0n) is 14.0. The Balaban J connectivity index is 1.89. The smallest absolute Gasteiger partial charge is 0.224 e. The fraction of sp³-hybridized carbons (Fsp3) is 0.562. The van der Waals surface area contributed by atoms with Crippen molar-refractivity contribution in [3.05, 3.63) is 30.1 Å². The van der Waals surface area contributed by atoms with Crippen molar-refractivity contribution < 1.29 is 18.0 Å². The SMILES string of the molecule is CC(=O)N(CCC(=O)N(C)C1CCS(=O)(=O)C1)Cc1ccncc1. The first-order valence-electron chi connectivity index (χ1n) is 7.89. The van der Waals surface area contributed by atoms with Gasteiger partial charge in [-0.1, -0.05) is 0 Å². The van der Waals surface area contributed by atoms with Crippen LogP contribution < -0.4 is 0 Å². The zero-order valence-corrected chi connectivity index (χ0v) is 14.8. The molecule has 1 aromatic heterocycles. The topological polar surface area (TPSA) is 87.7 Å². The Morgan fingerprint density at radius 2 is 1.96 bits per heavy atom. The van der Waals surface area contributed by atoms with Gasteiger partial charge >= 0.3 is 0 Å². The van der Waals surface area contributed by atoms with Crippen LogP contribution in [0.2, 0.25) is 0 Å². The largest absolute Gasteiger partial charge is 0.342 e. The van der Waals surface area contributed by atoms with Crippen LogP contribution >= 0.6 is 0 Å². The molecular formula is C16H23N3O4S. The second-order valence-corrected chi connectivity index (χ2v) is 8.34. The average molecular weight is 353 g/mol. The minimum atomic E-state index is -3.02. The molecule has 1 unspecified atom stereocenters. The second-order valence-electron chi connectivity index (χ2n) is 6.11. The Labute approximate surface area is 142 Å². The molecule has 0 aliphatic carbocycles. The fourth-order valence-electron chi connectivity index (χ4n) is 2.75. The third kappa shape index (κ3) is 5.02. The number of aromatic nitrogens is 1. The molecule has 1 atom stereocenters. The van der Waals surface area contributed by atoms with Crippen molar-refractivity contribution in [1.29, 1.82) is 0 Å². The van der Waals surface area contributed by atoms with E-state index in [2.05, 4.69) is 4.98 Å². The first-order chi connectivity index (χ1) is 11.3. The number of hydrogen-bond acceptors (Lipinski definition) is 5. The van der Waals surface area contributed by atoms with Crippen LogP contribution in [0.25, 0.3) is 0 Å². The quantitative estimate of drug-likeness (QED) is 0.742. The van der Waals surface area contributed by atoms with E-state index >= 15 is 0 Å². The van der Waals surface area contributed by atoms with Crippen molar-refractivity contribution in [1.82, 2.24) is 14.8 Å². The first kappa shape index (κ1) is 18.4. The number of sulfone groups is 1. The standard InChI is InChI=1S/C16H23N3O4S/c1-13(20)19(11-14-3-7-17-8-4-14)9-5-16(21)18(2)15-6-10-24(22,23)12-15/h3-4,7-8,15H,5-6,9-12H2,1-2H3. The lowest BCUT2D eigenvalue weighted by molar-refractivity contribution is -0.134. The van der Waals surface area contributed by atoms with Gasteiger partial charge in [0, 0.05) is 51.9 Å². The monoisotopic (exact) mass is 353 g/mol. The summed E-state index contributed by atoms with van der Waals surface area (Å²) in [6.07, 6.45) is 3.98. The molecule has 2 rings (SSSR count). The Kier molecular flexibility index (Phi) is 5.93. The molecule has 0 radical (unpaired) electrons. The van der Waals surface area contributed by atoms with Gasteiger partial charge in [-0.25, -0.2) is 8.42 Å². The van der Waals surface area contributed by atoms with Crippen LogP contribution in [-0.4, -0.2) is 66.2 Å². The lowest BCUT2D eigenvalue weighted by Crippen LogP contribution is -2.40. The van der Waals surface area contributed by atoms with E-state index in [9.17, 15) is 18.0 Å². The molecule has 2 amide bonds. The summed E-state index contributed by atoms with van der Waals surface area (Å²) in [6, 6.07) is 3.40. The van der Waals surface area contributed by atoms with Gasteiger partial charge in [-0.2, -0.15) is 0 Å². The number of carbonyl (C=O) groups excluding carboxylic acids is 2. The Morgan fingerprint density at radius 1 is 1.29 bits per heavy atom. The Morgan fingerprint density at radius 3 is 2.50 bits per heavy atom. The maximum Gasteiger partial charge on any atom is 0.224 e. The summed E-state index contributed by atoms with van der Waals surface area (Å²) in [6.45, 7) is 2.20. The summed E-state index contributed by atoms with van der Waals surface area (Å²) in [5.41, 5.74) is 0.947. The Hall–Kier alpha value is -1.96. The molecule has 1 aliphatic rings. The van der Waals surface area contributed by atoms with E-state index in [1.54, 1.807) is 24.3 Å². The van der Waals surface area contributed by atoms with Crippen molar-refractivity contribution in [3.63, 3.8) is 0 Å². The molecule has 0 saturated carbocycles. The molecule has 7 nitrogen and oxygen atoms in total. The van der Waals surface area contributed by atoms with Gasteiger partial charge in [0.15, 0.2) is 9.84 Å². The minimum Gasteiger partial charge on any atom is -0.342 e. The molecular weight excluding hydrogens is 330 g/mol. The summed E-state index contributed by atoms with van der Waals surface area (Å²) in [5.74, 6) is -0.0802. The highest BCUT2D eigenvalue weighted by Gasteiger charge is 2.32. The van der Waals surface area contributed by atoms with Crippen LogP contribution in [0.3, 0.4) is 0 Å². The van der Waals surface area contributed by atoms with E-state index in [-0.39, 0.29) is 35.8 Å². The highest BCUT2D eigenvalue weighted by molar-refractivity contribution is 7.91. The number of nitrogens with zero attached hydrogens (tertiary/aromatic N) is 3. The summed E-state index contributed by atoms with van der Waals surface area (Å²) in [5, 5.41) is 0. The highest BCUT2D eigenvalue weighted by atomic mass is 32.2. The molecule has 1 aromatic rings. The van der Waals surface area contributed by atoms with E-state index in [1.165, 1.54) is 11.8 Å². The molecule has 0 N–H and O–H groups in total. The first-order valence-corrected chi connectivity index (χ1v) is 9.71. The molecule has 0 bridgehead atoms.